The highest BCUT2D eigenvalue weighted by molar-refractivity contribution is 5.94. The lowest BCUT2D eigenvalue weighted by Crippen LogP contribution is -1.90. The van der Waals surface area contributed by atoms with Crippen molar-refractivity contribution in [2.75, 3.05) is 0 Å². The molecule has 70 valence electrons. The van der Waals surface area contributed by atoms with Crippen molar-refractivity contribution in [3.63, 3.8) is 0 Å². The highest BCUT2D eigenvalue weighted by atomic mass is 16.4. The van der Waals surface area contributed by atoms with E-state index in [1.807, 2.05) is 0 Å². The van der Waals surface area contributed by atoms with Crippen LogP contribution in [-0.2, 0) is 4.79 Å². The summed E-state index contributed by atoms with van der Waals surface area (Å²) in [6.07, 6.45) is 0.800. The number of carbonyl (C=O) groups is 1. The SMILES string of the molecule is N#C/C(=C\C(=O)O)c1cccc(O)c1. The van der Waals surface area contributed by atoms with E-state index < -0.39 is 5.97 Å². The largest absolute Gasteiger partial charge is 0.508 e. The summed E-state index contributed by atoms with van der Waals surface area (Å²) in [4.78, 5) is 10.3. The van der Waals surface area contributed by atoms with Crippen LogP contribution in [0.1, 0.15) is 5.56 Å². The fourth-order valence-electron chi connectivity index (χ4n) is 0.977. The fourth-order valence-corrected chi connectivity index (χ4v) is 0.977. The molecular formula is C10H7NO3. The predicted molar refractivity (Wildman–Crippen MR) is 49.3 cm³/mol. The molecule has 0 bridgehead atoms. The Hall–Kier alpha value is -2.28. The number of carboxylic acids is 1. The number of aromatic hydroxyl groups is 1. The van der Waals surface area contributed by atoms with Crippen molar-refractivity contribution in [1.82, 2.24) is 0 Å². The number of hydrogen-bond donors (Lipinski definition) is 2. The molecule has 0 aromatic heterocycles. The fraction of sp³-hybridized carbons (Fsp3) is 0. The van der Waals surface area contributed by atoms with E-state index in [0.717, 1.165) is 6.08 Å². The number of allylic oxidation sites excluding steroid dienone is 1. The molecule has 0 aliphatic heterocycles. The first-order valence-electron chi connectivity index (χ1n) is 3.77. The molecule has 1 aromatic rings. The van der Waals surface area contributed by atoms with Crippen LogP contribution in [-0.4, -0.2) is 16.2 Å². The Labute approximate surface area is 80.3 Å². The lowest BCUT2D eigenvalue weighted by Gasteiger charge is -1.98. The maximum atomic E-state index is 10.3. The average Bonchev–Trinajstić information content (AvgIpc) is 2.14. The molecular weight excluding hydrogens is 182 g/mol. The van der Waals surface area contributed by atoms with Crippen molar-refractivity contribution < 1.29 is 15.0 Å². The van der Waals surface area contributed by atoms with Crippen molar-refractivity contribution in [1.29, 1.82) is 5.26 Å². The molecule has 0 unspecified atom stereocenters. The highest BCUT2D eigenvalue weighted by Gasteiger charge is 2.03. The van der Waals surface area contributed by atoms with E-state index in [4.69, 9.17) is 15.5 Å². The summed E-state index contributed by atoms with van der Waals surface area (Å²) < 4.78 is 0. The van der Waals surface area contributed by atoms with Crippen LogP contribution >= 0.6 is 0 Å². The smallest absolute Gasteiger partial charge is 0.329 e. The molecule has 0 radical (unpaired) electrons. The molecule has 1 rings (SSSR count). The van der Waals surface area contributed by atoms with Crippen molar-refractivity contribution in [2.24, 2.45) is 0 Å². The number of aliphatic carboxylic acids is 1. The topological polar surface area (TPSA) is 81.3 Å². The van der Waals surface area contributed by atoms with Crippen LogP contribution in [0.15, 0.2) is 30.3 Å². The van der Waals surface area contributed by atoms with Gasteiger partial charge in [0.15, 0.2) is 0 Å². The van der Waals surface area contributed by atoms with Crippen LogP contribution in [0.4, 0.5) is 0 Å². The first kappa shape index (κ1) is 9.81. The van der Waals surface area contributed by atoms with Gasteiger partial charge in [0.1, 0.15) is 11.8 Å². The zero-order valence-electron chi connectivity index (χ0n) is 7.14. The zero-order valence-corrected chi connectivity index (χ0v) is 7.14. The number of nitriles is 1. The number of carboxylic acid groups (broad SMARTS) is 1. The van der Waals surface area contributed by atoms with Gasteiger partial charge < -0.3 is 10.2 Å². The Kier molecular flexibility index (Phi) is 2.87. The van der Waals surface area contributed by atoms with E-state index in [1.165, 1.54) is 18.2 Å². The third kappa shape index (κ3) is 2.35. The summed E-state index contributed by atoms with van der Waals surface area (Å²) in [5, 5.41) is 26.2. The summed E-state index contributed by atoms with van der Waals surface area (Å²) in [5.74, 6) is -1.20. The third-order valence-corrected chi connectivity index (χ3v) is 1.55. The Bertz CT molecular complexity index is 429. The average molecular weight is 189 g/mol. The summed E-state index contributed by atoms with van der Waals surface area (Å²) in [6, 6.07) is 7.61. The van der Waals surface area contributed by atoms with Crippen molar-refractivity contribution in [3.8, 4) is 11.8 Å². The molecule has 0 fully saturated rings. The van der Waals surface area contributed by atoms with Gasteiger partial charge in [-0.3, -0.25) is 0 Å². The molecule has 4 heteroatoms. The minimum absolute atomic E-state index is 0.00552. The third-order valence-electron chi connectivity index (χ3n) is 1.55. The van der Waals surface area contributed by atoms with E-state index in [1.54, 1.807) is 12.1 Å². The molecule has 4 nitrogen and oxygen atoms in total. The van der Waals surface area contributed by atoms with Crippen LogP contribution in [0.3, 0.4) is 0 Å². The van der Waals surface area contributed by atoms with Crippen LogP contribution in [0.2, 0.25) is 0 Å². The molecule has 0 aliphatic rings. The Morgan fingerprint density at radius 1 is 1.50 bits per heavy atom. The van der Waals surface area contributed by atoms with Gasteiger partial charge in [-0.15, -0.1) is 0 Å². The minimum atomic E-state index is -1.19. The van der Waals surface area contributed by atoms with Crippen LogP contribution in [0, 0.1) is 11.3 Å². The van der Waals surface area contributed by atoms with Gasteiger partial charge in [-0.05, 0) is 17.7 Å². The number of nitrogens with zero attached hydrogens (tertiary/aromatic N) is 1. The number of phenolic OH excluding ortho intramolecular Hbond substituents is 1. The minimum Gasteiger partial charge on any atom is -0.508 e. The lowest BCUT2D eigenvalue weighted by atomic mass is 10.1. The second kappa shape index (κ2) is 4.10. The molecule has 1 aromatic carbocycles. The summed E-state index contributed by atoms with van der Waals surface area (Å²) in [6.45, 7) is 0. The molecule has 0 aliphatic carbocycles. The van der Waals surface area contributed by atoms with E-state index in [0.29, 0.717) is 5.56 Å². The zero-order chi connectivity index (χ0) is 10.6. The number of rotatable bonds is 2. The second-order valence-corrected chi connectivity index (χ2v) is 2.56. The van der Waals surface area contributed by atoms with E-state index in [2.05, 4.69) is 0 Å². The number of hydrogen-bond acceptors (Lipinski definition) is 3. The molecule has 0 spiro atoms. The maximum Gasteiger partial charge on any atom is 0.329 e. The number of phenols is 1. The van der Waals surface area contributed by atoms with Crippen molar-refractivity contribution in [2.45, 2.75) is 0 Å². The van der Waals surface area contributed by atoms with E-state index in [-0.39, 0.29) is 11.3 Å². The Balaban J connectivity index is 3.15. The monoisotopic (exact) mass is 189 g/mol. The van der Waals surface area contributed by atoms with Gasteiger partial charge in [0, 0.05) is 6.08 Å². The standard InChI is InChI=1S/C10H7NO3/c11-6-8(5-10(13)14)7-2-1-3-9(12)4-7/h1-5,12H,(H,13,14)/b8-5+. The van der Waals surface area contributed by atoms with E-state index in [9.17, 15) is 4.79 Å². The summed E-state index contributed by atoms with van der Waals surface area (Å²) in [7, 11) is 0. The van der Waals surface area contributed by atoms with Gasteiger partial charge in [-0.25, -0.2) is 4.79 Å². The Morgan fingerprint density at radius 3 is 2.71 bits per heavy atom. The van der Waals surface area contributed by atoms with Gasteiger partial charge >= 0.3 is 5.97 Å². The van der Waals surface area contributed by atoms with Crippen molar-refractivity contribution >= 4 is 11.5 Å². The molecule has 0 saturated heterocycles. The van der Waals surface area contributed by atoms with Crippen molar-refractivity contribution in [3.05, 3.63) is 35.9 Å². The number of benzene rings is 1. The Morgan fingerprint density at radius 2 is 2.21 bits per heavy atom. The van der Waals surface area contributed by atoms with Gasteiger partial charge in [-0.1, -0.05) is 12.1 Å². The van der Waals surface area contributed by atoms with Crippen LogP contribution < -0.4 is 0 Å². The molecule has 0 atom stereocenters. The van der Waals surface area contributed by atoms with Crippen LogP contribution in [0.25, 0.3) is 5.57 Å². The lowest BCUT2D eigenvalue weighted by molar-refractivity contribution is -0.131. The maximum absolute atomic E-state index is 10.3. The molecule has 14 heavy (non-hydrogen) atoms. The van der Waals surface area contributed by atoms with Crippen LogP contribution in [0.5, 0.6) is 5.75 Å². The quantitative estimate of drug-likeness (QED) is 0.544. The molecule has 2 N–H and O–H groups in total. The van der Waals surface area contributed by atoms with Gasteiger partial charge in [-0.2, -0.15) is 5.26 Å². The van der Waals surface area contributed by atoms with E-state index >= 15 is 0 Å². The second-order valence-electron chi connectivity index (χ2n) is 2.56. The normalized spacial score (nSPS) is 10.6. The van der Waals surface area contributed by atoms with Gasteiger partial charge in [0.05, 0.1) is 5.57 Å². The predicted octanol–water partition coefficient (Wildman–Crippen LogP) is 1.38. The summed E-state index contributed by atoms with van der Waals surface area (Å²) >= 11 is 0. The first-order valence-corrected chi connectivity index (χ1v) is 3.77. The molecule has 0 heterocycles. The highest BCUT2D eigenvalue weighted by Crippen LogP contribution is 2.18. The first-order chi connectivity index (χ1) is 6.63. The van der Waals surface area contributed by atoms with Gasteiger partial charge in [0.25, 0.3) is 0 Å². The molecule has 0 amide bonds. The van der Waals surface area contributed by atoms with Gasteiger partial charge in [0.2, 0.25) is 0 Å². The summed E-state index contributed by atoms with van der Waals surface area (Å²) in [5.41, 5.74) is 0.392. The molecule has 0 saturated carbocycles.